The number of halogens is 3. The Hall–Kier alpha value is -1.61. The van der Waals surface area contributed by atoms with Crippen LogP contribution >= 0.6 is 0 Å². The summed E-state index contributed by atoms with van der Waals surface area (Å²) in [5.41, 5.74) is -1.95. The highest BCUT2D eigenvalue weighted by Crippen LogP contribution is 2.36. The molecule has 0 amide bonds. The Morgan fingerprint density at radius 2 is 1.78 bits per heavy atom. The van der Waals surface area contributed by atoms with Gasteiger partial charge in [0.05, 0.1) is 16.2 Å². The van der Waals surface area contributed by atoms with E-state index >= 15 is 0 Å². The zero-order valence-electron chi connectivity index (χ0n) is 13.3. The molecule has 0 aliphatic rings. The van der Waals surface area contributed by atoms with E-state index in [4.69, 9.17) is 0 Å². The largest absolute Gasteiger partial charge is 0.591 e. The molecule has 1 rings (SSSR count). The second-order valence-corrected chi connectivity index (χ2v) is 7.86. The van der Waals surface area contributed by atoms with Crippen LogP contribution in [0, 0.1) is 17.0 Å². The van der Waals surface area contributed by atoms with Gasteiger partial charge in [0.1, 0.15) is 16.1 Å². The first-order valence-electron chi connectivity index (χ1n) is 6.59. The smallest absolute Gasteiger partial charge is 0.416 e. The number of nitro groups is 1. The molecule has 1 unspecified atom stereocenters. The summed E-state index contributed by atoms with van der Waals surface area (Å²) in [6.07, 6.45) is -4.73. The van der Waals surface area contributed by atoms with Crippen LogP contribution in [0.25, 0.3) is 0 Å². The van der Waals surface area contributed by atoms with Crippen molar-refractivity contribution >= 4 is 22.8 Å². The topological polar surface area (TPSA) is 78.6 Å². The maximum atomic E-state index is 13.1. The Balaban J connectivity index is 3.55. The predicted molar refractivity (Wildman–Crippen MR) is 82.9 cm³/mol. The minimum atomic E-state index is -4.73. The van der Waals surface area contributed by atoms with E-state index in [1.807, 2.05) is 0 Å². The SMILES string of the molecule is C/C(=N\[S+]([O-])C(C)(C)C)c1cc([N+](=O)[O-])cc(C(F)(F)F)c1C. The summed E-state index contributed by atoms with van der Waals surface area (Å²) in [5.74, 6) is 0. The van der Waals surface area contributed by atoms with Gasteiger partial charge >= 0.3 is 6.18 Å². The lowest BCUT2D eigenvalue weighted by atomic mass is 9.98. The van der Waals surface area contributed by atoms with Gasteiger partial charge in [-0.3, -0.25) is 10.1 Å². The van der Waals surface area contributed by atoms with Gasteiger partial charge in [0.2, 0.25) is 0 Å². The van der Waals surface area contributed by atoms with Gasteiger partial charge in [-0.15, -0.1) is 0 Å². The van der Waals surface area contributed by atoms with E-state index < -0.39 is 38.5 Å². The van der Waals surface area contributed by atoms with E-state index in [2.05, 4.69) is 4.40 Å². The summed E-state index contributed by atoms with van der Waals surface area (Å²) in [5, 5.41) is 10.9. The highest BCUT2D eigenvalue weighted by molar-refractivity contribution is 7.91. The van der Waals surface area contributed by atoms with E-state index in [9.17, 15) is 27.8 Å². The molecule has 128 valence electrons. The fourth-order valence-electron chi connectivity index (χ4n) is 1.79. The van der Waals surface area contributed by atoms with E-state index in [-0.39, 0.29) is 16.8 Å². The molecule has 0 heterocycles. The van der Waals surface area contributed by atoms with Crippen molar-refractivity contribution in [1.29, 1.82) is 0 Å². The van der Waals surface area contributed by atoms with E-state index in [1.165, 1.54) is 13.8 Å². The lowest BCUT2D eigenvalue weighted by molar-refractivity contribution is -0.385. The number of alkyl halides is 3. The van der Waals surface area contributed by atoms with Crippen LogP contribution in [0.2, 0.25) is 0 Å². The van der Waals surface area contributed by atoms with E-state index in [1.54, 1.807) is 20.8 Å². The third-order valence-electron chi connectivity index (χ3n) is 3.04. The Kier molecular flexibility index (Phi) is 5.48. The maximum Gasteiger partial charge on any atom is 0.416 e. The van der Waals surface area contributed by atoms with Gasteiger partial charge in [-0.25, -0.2) is 0 Å². The van der Waals surface area contributed by atoms with Crippen molar-refractivity contribution in [2.24, 2.45) is 4.40 Å². The van der Waals surface area contributed by atoms with Gasteiger partial charge in [-0.2, -0.15) is 13.2 Å². The second kappa shape index (κ2) is 6.48. The van der Waals surface area contributed by atoms with Crippen molar-refractivity contribution < 1.29 is 22.6 Å². The number of non-ortho nitro benzene ring substituents is 1. The molecule has 0 bridgehead atoms. The molecule has 1 aromatic carbocycles. The number of hydrogen-bond acceptors (Lipinski definition) is 4. The van der Waals surface area contributed by atoms with Crippen LogP contribution in [0.3, 0.4) is 0 Å². The molecule has 0 saturated carbocycles. The lowest BCUT2D eigenvalue weighted by Crippen LogP contribution is -2.27. The van der Waals surface area contributed by atoms with Crippen LogP contribution in [0.15, 0.2) is 16.5 Å². The molecule has 0 aliphatic heterocycles. The molecular formula is C14H17F3N2O3S. The quantitative estimate of drug-likeness (QED) is 0.355. The zero-order valence-corrected chi connectivity index (χ0v) is 14.1. The molecule has 23 heavy (non-hydrogen) atoms. The van der Waals surface area contributed by atoms with E-state index in [0.29, 0.717) is 6.07 Å². The van der Waals surface area contributed by atoms with Gasteiger partial charge in [0.25, 0.3) is 5.69 Å². The third-order valence-corrected chi connectivity index (χ3v) is 4.53. The first-order chi connectivity index (χ1) is 10.2. The monoisotopic (exact) mass is 350 g/mol. The normalized spacial score (nSPS) is 14.7. The number of hydrogen-bond donors (Lipinski definition) is 0. The van der Waals surface area contributed by atoms with Gasteiger partial charge in [0.15, 0.2) is 0 Å². The number of rotatable bonds is 3. The zero-order chi connectivity index (χ0) is 18.2. The maximum absolute atomic E-state index is 13.1. The molecule has 5 nitrogen and oxygen atoms in total. The summed E-state index contributed by atoms with van der Waals surface area (Å²) in [6.45, 7) is 7.60. The second-order valence-electron chi connectivity index (χ2n) is 5.96. The van der Waals surface area contributed by atoms with Gasteiger partial charge in [-0.05, 0) is 40.2 Å². The van der Waals surface area contributed by atoms with Crippen molar-refractivity contribution in [2.45, 2.75) is 45.5 Å². The van der Waals surface area contributed by atoms with Crippen molar-refractivity contribution in [3.63, 3.8) is 0 Å². The lowest BCUT2D eigenvalue weighted by Gasteiger charge is -2.19. The molecular weight excluding hydrogens is 333 g/mol. The average molecular weight is 350 g/mol. The van der Waals surface area contributed by atoms with Crippen molar-refractivity contribution in [3.8, 4) is 0 Å². The summed E-state index contributed by atoms with van der Waals surface area (Å²) in [4.78, 5) is 9.99. The molecule has 0 spiro atoms. The number of nitrogens with zero attached hydrogens (tertiary/aromatic N) is 2. The highest BCUT2D eigenvalue weighted by Gasteiger charge is 2.36. The third kappa shape index (κ3) is 4.68. The van der Waals surface area contributed by atoms with Crippen LogP contribution in [-0.4, -0.2) is 19.9 Å². The Bertz CT molecular complexity index is 652. The van der Waals surface area contributed by atoms with Crippen molar-refractivity contribution in [3.05, 3.63) is 38.9 Å². The first kappa shape index (κ1) is 19.4. The fraction of sp³-hybridized carbons (Fsp3) is 0.500. The standard InChI is InChI=1S/C14H17F3N2O3S/c1-8-11(9(2)18-23(22)13(3,4)5)6-10(19(20)21)7-12(8)14(15,16)17/h6-7H,1-5H3/b18-9+. The molecule has 0 saturated heterocycles. The minimum absolute atomic E-state index is 0.0378. The average Bonchev–Trinajstić information content (AvgIpc) is 2.35. The molecule has 0 aliphatic carbocycles. The fourth-order valence-corrected chi connectivity index (χ4v) is 2.41. The molecule has 0 aromatic heterocycles. The predicted octanol–water partition coefficient (Wildman–Crippen LogP) is 4.19. The molecule has 1 atom stereocenters. The Labute approximate surface area is 135 Å². The Morgan fingerprint density at radius 3 is 2.17 bits per heavy atom. The summed E-state index contributed by atoms with van der Waals surface area (Å²) in [7, 11) is 0. The summed E-state index contributed by atoms with van der Waals surface area (Å²) >= 11 is -1.68. The van der Waals surface area contributed by atoms with Crippen LogP contribution in [0.1, 0.15) is 44.4 Å². The molecule has 0 radical (unpaired) electrons. The van der Waals surface area contributed by atoms with Crippen LogP contribution in [0.4, 0.5) is 18.9 Å². The highest BCUT2D eigenvalue weighted by atomic mass is 32.2. The van der Waals surface area contributed by atoms with Gasteiger partial charge < -0.3 is 4.55 Å². The summed E-state index contributed by atoms with van der Waals surface area (Å²) < 4.78 is 54.4. The van der Waals surface area contributed by atoms with Gasteiger partial charge in [-0.1, -0.05) is 4.40 Å². The van der Waals surface area contributed by atoms with Crippen LogP contribution in [0.5, 0.6) is 0 Å². The molecule has 0 N–H and O–H groups in total. The molecule has 9 heteroatoms. The van der Waals surface area contributed by atoms with Gasteiger partial charge in [0, 0.05) is 17.7 Å². The minimum Gasteiger partial charge on any atom is -0.591 e. The first-order valence-corrected chi connectivity index (χ1v) is 7.69. The number of benzene rings is 1. The Morgan fingerprint density at radius 1 is 1.26 bits per heavy atom. The molecule has 1 aromatic rings. The number of nitro benzene ring substituents is 1. The van der Waals surface area contributed by atoms with Crippen molar-refractivity contribution in [2.75, 3.05) is 0 Å². The molecule has 0 fully saturated rings. The van der Waals surface area contributed by atoms with Crippen LogP contribution in [-0.2, 0) is 17.5 Å². The van der Waals surface area contributed by atoms with E-state index in [0.717, 1.165) is 6.07 Å². The van der Waals surface area contributed by atoms with Crippen molar-refractivity contribution in [1.82, 2.24) is 0 Å². The summed E-state index contributed by atoms with van der Waals surface area (Å²) in [6, 6.07) is 1.51. The van der Waals surface area contributed by atoms with Crippen LogP contribution < -0.4 is 0 Å².